The van der Waals surface area contributed by atoms with E-state index in [1.807, 2.05) is 30.3 Å². The fourth-order valence-corrected chi connectivity index (χ4v) is 5.36. The summed E-state index contributed by atoms with van der Waals surface area (Å²) in [5.41, 5.74) is 0.341. The van der Waals surface area contributed by atoms with E-state index in [1.165, 1.54) is 0 Å². The van der Waals surface area contributed by atoms with Crippen LogP contribution in [0.15, 0.2) is 41.8 Å². The van der Waals surface area contributed by atoms with Gasteiger partial charge in [-0.2, -0.15) is 0 Å². The highest BCUT2D eigenvalue weighted by Crippen LogP contribution is 2.41. The molecule has 1 spiro atoms. The third-order valence-corrected chi connectivity index (χ3v) is 7.11. The lowest BCUT2D eigenvalue weighted by Gasteiger charge is -2.43. The van der Waals surface area contributed by atoms with Gasteiger partial charge in [-0.05, 0) is 23.6 Å². The Balaban J connectivity index is 1.32. The fourth-order valence-electron chi connectivity index (χ4n) is 3.67. The van der Waals surface area contributed by atoms with Crippen LogP contribution in [0.5, 0.6) is 5.75 Å². The average molecular weight is 383 g/mol. The predicted octanol–water partition coefficient (Wildman–Crippen LogP) is 4.27. The molecule has 0 atom stereocenters. The van der Waals surface area contributed by atoms with Crippen molar-refractivity contribution in [3.05, 3.63) is 47.3 Å². The Hall–Kier alpha value is -2.25. The summed E-state index contributed by atoms with van der Waals surface area (Å²) in [7, 11) is 0. The molecule has 5 rings (SSSR count). The van der Waals surface area contributed by atoms with Crippen molar-refractivity contribution in [3.63, 3.8) is 0 Å². The molecule has 4 heterocycles. The van der Waals surface area contributed by atoms with E-state index in [9.17, 15) is 4.79 Å². The van der Waals surface area contributed by atoms with E-state index >= 15 is 0 Å². The van der Waals surface area contributed by atoms with E-state index in [1.54, 1.807) is 22.7 Å². The van der Waals surface area contributed by atoms with Crippen LogP contribution in [0.25, 0.3) is 9.88 Å². The van der Waals surface area contributed by atoms with Crippen molar-refractivity contribution in [1.82, 2.24) is 10.2 Å². The van der Waals surface area contributed by atoms with Gasteiger partial charge in [-0.25, -0.2) is 0 Å². The van der Waals surface area contributed by atoms with Gasteiger partial charge in [-0.3, -0.25) is 4.79 Å². The molecule has 26 heavy (non-hydrogen) atoms. The van der Waals surface area contributed by atoms with Crippen molar-refractivity contribution in [2.75, 3.05) is 18.0 Å². The maximum atomic E-state index is 12.5. The molecule has 2 aromatic heterocycles. The number of carbonyl (C=O) groups excluding carboxylic acids is 1. The summed E-state index contributed by atoms with van der Waals surface area (Å²) in [6, 6.07) is 11.7. The zero-order chi connectivity index (χ0) is 17.6. The molecule has 1 saturated heterocycles. The Kier molecular flexibility index (Phi) is 3.79. The summed E-state index contributed by atoms with van der Waals surface area (Å²) < 4.78 is 6.30. The van der Waals surface area contributed by atoms with Crippen molar-refractivity contribution in [2.45, 2.75) is 24.9 Å². The summed E-state index contributed by atoms with van der Waals surface area (Å²) in [4.78, 5) is 15.9. The lowest BCUT2D eigenvalue weighted by atomic mass is 9.82. The predicted molar refractivity (Wildman–Crippen MR) is 103 cm³/mol. The maximum absolute atomic E-state index is 12.5. The van der Waals surface area contributed by atoms with Gasteiger partial charge in [0.1, 0.15) is 11.4 Å². The topological polar surface area (TPSA) is 55.3 Å². The number of para-hydroxylation sites is 1. The number of piperidine rings is 1. The van der Waals surface area contributed by atoms with Crippen LogP contribution in [-0.2, 0) is 0 Å². The van der Waals surface area contributed by atoms with Crippen LogP contribution in [-0.4, -0.2) is 34.7 Å². The number of benzene rings is 1. The van der Waals surface area contributed by atoms with Crippen LogP contribution in [0.1, 0.15) is 29.6 Å². The highest BCUT2D eigenvalue weighted by molar-refractivity contribution is 7.22. The van der Waals surface area contributed by atoms with Gasteiger partial charge in [0.05, 0.1) is 16.9 Å². The number of rotatable bonds is 2. The molecular formula is C19H17N3O2S2. The number of fused-ring (bicyclic) bond motifs is 1. The second-order valence-electron chi connectivity index (χ2n) is 6.74. The number of hydrogen-bond donors (Lipinski definition) is 0. The smallest absolute Gasteiger partial charge is 0.208 e. The molecule has 132 valence electrons. The highest BCUT2D eigenvalue weighted by Gasteiger charge is 2.43. The lowest BCUT2D eigenvalue weighted by Crippen LogP contribution is -2.51. The van der Waals surface area contributed by atoms with Crippen LogP contribution in [0.4, 0.5) is 5.13 Å². The Bertz CT molecular complexity index is 943. The second-order valence-corrected chi connectivity index (χ2v) is 8.64. The third kappa shape index (κ3) is 2.71. The quantitative estimate of drug-likeness (QED) is 0.661. The van der Waals surface area contributed by atoms with Crippen LogP contribution in [0.2, 0.25) is 0 Å². The van der Waals surface area contributed by atoms with E-state index in [0.29, 0.717) is 12.0 Å². The molecule has 0 bridgehead atoms. The molecule has 2 aliphatic heterocycles. The highest BCUT2D eigenvalue weighted by atomic mass is 32.1. The number of nitrogens with zero attached hydrogens (tertiary/aromatic N) is 3. The normalized spacial score (nSPS) is 18.6. The van der Waals surface area contributed by atoms with Crippen molar-refractivity contribution in [2.24, 2.45) is 0 Å². The van der Waals surface area contributed by atoms with Crippen LogP contribution < -0.4 is 9.64 Å². The molecule has 0 saturated carbocycles. The third-order valence-electron chi connectivity index (χ3n) is 5.09. The number of Topliss-reactive ketones (excluding diaryl/α,β-unsaturated/α-hetero) is 1. The molecule has 0 unspecified atom stereocenters. The second kappa shape index (κ2) is 6.17. The summed E-state index contributed by atoms with van der Waals surface area (Å²) in [5.74, 6) is 0.921. The standard InChI is InChI=1S/C19H17N3O2S2/c23-14-12-19(24-15-5-2-1-4-13(14)15)7-9-22(10-8-19)18-21-20-17(26-18)16-6-3-11-25-16/h1-6,11H,7-10,12H2. The first-order valence-electron chi connectivity index (χ1n) is 8.66. The van der Waals surface area contributed by atoms with Crippen molar-refractivity contribution < 1.29 is 9.53 Å². The minimum absolute atomic E-state index is 0.191. The molecular weight excluding hydrogens is 366 g/mol. The Morgan fingerprint density at radius 1 is 1.08 bits per heavy atom. The molecule has 0 radical (unpaired) electrons. The number of ether oxygens (including phenoxy) is 1. The monoisotopic (exact) mass is 383 g/mol. The number of ketones is 1. The molecule has 1 aromatic carbocycles. The first-order chi connectivity index (χ1) is 12.7. The number of hydrogen-bond acceptors (Lipinski definition) is 7. The minimum Gasteiger partial charge on any atom is -0.486 e. The van der Waals surface area contributed by atoms with Gasteiger partial charge in [-0.1, -0.05) is 29.5 Å². The summed E-state index contributed by atoms with van der Waals surface area (Å²) in [5, 5.41) is 12.7. The number of aromatic nitrogens is 2. The Labute approximate surface area is 159 Å². The number of anilines is 1. The molecule has 2 aliphatic rings. The van der Waals surface area contributed by atoms with Crippen LogP contribution in [0.3, 0.4) is 0 Å². The van der Waals surface area contributed by atoms with E-state index in [2.05, 4.69) is 26.5 Å². The van der Waals surface area contributed by atoms with Gasteiger partial charge in [0, 0.05) is 25.9 Å². The van der Waals surface area contributed by atoms with E-state index in [4.69, 9.17) is 4.74 Å². The lowest BCUT2D eigenvalue weighted by molar-refractivity contribution is 0.0232. The Morgan fingerprint density at radius 2 is 1.92 bits per heavy atom. The molecule has 5 nitrogen and oxygen atoms in total. The number of thiophene rings is 1. The first kappa shape index (κ1) is 16.0. The van der Waals surface area contributed by atoms with Crippen LogP contribution in [0, 0.1) is 0 Å². The summed E-state index contributed by atoms with van der Waals surface area (Å²) >= 11 is 3.31. The van der Waals surface area contributed by atoms with Gasteiger partial charge in [-0.15, -0.1) is 21.5 Å². The van der Waals surface area contributed by atoms with Crippen molar-refractivity contribution >= 4 is 33.6 Å². The molecule has 0 amide bonds. The van der Waals surface area contributed by atoms with E-state index < -0.39 is 0 Å². The molecule has 7 heteroatoms. The zero-order valence-corrected chi connectivity index (χ0v) is 15.7. The van der Waals surface area contributed by atoms with Gasteiger partial charge < -0.3 is 9.64 Å². The molecule has 1 fully saturated rings. The number of carbonyl (C=O) groups is 1. The van der Waals surface area contributed by atoms with E-state index in [-0.39, 0.29) is 11.4 Å². The van der Waals surface area contributed by atoms with Crippen molar-refractivity contribution in [3.8, 4) is 15.6 Å². The SMILES string of the molecule is O=C1CC2(CCN(c3nnc(-c4cccs4)s3)CC2)Oc2ccccc21. The summed E-state index contributed by atoms with van der Waals surface area (Å²) in [6.07, 6.45) is 2.11. The molecule has 0 aliphatic carbocycles. The first-order valence-corrected chi connectivity index (χ1v) is 10.4. The minimum atomic E-state index is -0.372. The largest absolute Gasteiger partial charge is 0.486 e. The average Bonchev–Trinajstić information content (AvgIpc) is 3.34. The maximum Gasteiger partial charge on any atom is 0.208 e. The van der Waals surface area contributed by atoms with Gasteiger partial charge >= 0.3 is 0 Å². The van der Waals surface area contributed by atoms with E-state index in [0.717, 1.165) is 46.7 Å². The van der Waals surface area contributed by atoms with Crippen molar-refractivity contribution in [1.29, 1.82) is 0 Å². The Morgan fingerprint density at radius 3 is 2.73 bits per heavy atom. The van der Waals surface area contributed by atoms with Crippen LogP contribution >= 0.6 is 22.7 Å². The summed E-state index contributed by atoms with van der Waals surface area (Å²) in [6.45, 7) is 1.66. The zero-order valence-electron chi connectivity index (χ0n) is 14.1. The fraction of sp³-hybridized carbons (Fsp3) is 0.316. The molecule has 3 aromatic rings. The van der Waals surface area contributed by atoms with Gasteiger partial charge in [0.15, 0.2) is 10.8 Å². The molecule has 0 N–H and O–H groups in total. The van der Waals surface area contributed by atoms with Gasteiger partial charge in [0.25, 0.3) is 0 Å². The van der Waals surface area contributed by atoms with Gasteiger partial charge in [0.2, 0.25) is 5.13 Å².